The molecule has 0 bridgehead atoms. The fourth-order valence-corrected chi connectivity index (χ4v) is 3.21. The van der Waals surface area contributed by atoms with Crippen LogP contribution in [0.25, 0.3) is 0 Å². The van der Waals surface area contributed by atoms with E-state index in [9.17, 15) is 13.2 Å². The van der Waals surface area contributed by atoms with Crippen LogP contribution in [0.15, 0.2) is 33.6 Å². The minimum atomic E-state index is -3.63. The third-order valence-electron chi connectivity index (χ3n) is 2.50. The molecular formula is C12H17BrN2O3S. The fourth-order valence-electron chi connectivity index (χ4n) is 1.54. The van der Waals surface area contributed by atoms with Crippen LogP contribution in [-0.4, -0.2) is 38.3 Å². The summed E-state index contributed by atoms with van der Waals surface area (Å²) in [6.07, 6.45) is 0. The van der Waals surface area contributed by atoms with Crippen molar-refractivity contribution in [2.24, 2.45) is 0 Å². The van der Waals surface area contributed by atoms with Crippen molar-refractivity contribution in [1.82, 2.24) is 9.62 Å². The highest BCUT2D eigenvalue weighted by molar-refractivity contribution is 9.10. The number of hydrogen-bond acceptors (Lipinski definition) is 3. The minimum Gasteiger partial charge on any atom is -0.355 e. The van der Waals surface area contributed by atoms with E-state index in [1.165, 1.54) is 12.1 Å². The van der Waals surface area contributed by atoms with Crippen LogP contribution in [0.4, 0.5) is 0 Å². The number of hydrogen-bond donors (Lipinski definition) is 1. The number of sulfonamides is 1. The molecule has 1 aromatic rings. The highest BCUT2D eigenvalue weighted by atomic mass is 79.9. The molecule has 0 fully saturated rings. The molecule has 106 valence electrons. The second kappa shape index (κ2) is 7.02. The molecule has 19 heavy (non-hydrogen) atoms. The van der Waals surface area contributed by atoms with Crippen molar-refractivity contribution >= 4 is 31.9 Å². The van der Waals surface area contributed by atoms with E-state index in [0.717, 1.165) is 8.78 Å². The van der Waals surface area contributed by atoms with Crippen molar-refractivity contribution in [3.05, 3.63) is 28.7 Å². The lowest BCUT2D eigenvalue weighted by molar-refractivity contribution is -0.121. The van der Waals surface area contributed by atoms with Crippen LogP contribution in [0, 0.1) is 0 Å². The van der Waals surface area contributed by atoms with E-state index in [2.05, 4.69) is 21.2 Å². The topological polar surface area (TPSA) is 66.5 Å². The average molecular weight is 349 g/mol. The van der Waals surface area contributed by atoms with Crippen LogP contribution >= 0.6 is 15.9 Å². The van der Waals surface area contributed by atoms with Gasteiger partial charge in [-0.05, 0) is 31.2 Å². The molecule has 0 aromatic heterocycles. The van der Waals surface area contributed by atoms with Gasteiger partial charge in [0.1, 0.15) is 0 Å². The Hall–Kier alpha value is -0.920. The Balaban J connectivity index is 2.95. The van der Waals surface area contributed by atoms with Crippen molar-refractivity contribution in [2.75, 3.05) is 19.6 Å². The predicted octanol–water partition coefficient (Wildman–Crippen LogP) is 1.60. The second-order valence-electron chi connectivity index (χ2n) is 3.84. The maximum absolute atomic E-state index is 12.3. The maximum Gasteiger partial charge on any atom is 0.243 e. The van der Waals surface area contributed by atoms with E-state index in [1.54, 1.807) is 26.0 Å². The molecule has 0 aliphatic carbocycles. The molecular weight excluding hydrogens is 332 g/mol. The molecule has 1 amide bonds. The standard InChI is InChI=1S/C12H17BrN2O3S/c1-3-14-12(16)9-15(4-2)19(17,18)11-7-5-10(13)6-8-11/h5-8H,3-4,9H2,1-2H3,(H,14,16). The van der Waals surface area contributed by atoms with Gasteiger partial charge < -0.3 is 5.32 Å². The third kappa shape index (κ3) is 4.29. The van der Waals surface area contributed by atoms with Crippen molar-refractivity contribution in [2.45, 2.75) is 18.7 Å². The summed E-state index contributed by atoms with van der Waals surface area (Å²) in [5.41, 5.74) is 0. The molecule has 0 radical (unpaired) electrons. The fraction of sp³-hybridized carbons (Fsp3) is 0.417. The zero-order chi connectivity index (χ0) is 14.5. The number of carbonyl (C=O) groups excluding carboxylic acids is 1. The van der Waals surface area contributed by atoms with Gasteiger partial charge in [0.25, 0.3) is 0 Å². The first kappa shape index (κ1) is 16.1. The van der Waals surface area contributed by atoms with Crippen LogP contribution in [0.5, 0.6) is 0 Å². The Labute approximate surface area is 122 Å². The summed E-state index contributed by atoms with van der Waals surface area (Å²) in [6, 6.07) is 6.35. The highest BCUT2D eigenvalue weighted by Crippen LogP contribution is 2.18. The molecule has 0 unspecified atom stereocenters. The normalized spacial score (nSPS) is 11.6. The monoisotopic (exact) mass is 348 g/mol. The summed E-state index contributed by atoms with van der Waals surface area (Å²) in [5.74, 6) is -0.301. The first-order chi connectivity index (χ1) is 8.91. The third-order valence-corrected chi connectivity index (χ3v) is 4.96. The quantitative estimate of drug-likeness (QED) is 0.848. The van der Waals surface area contributed by atoms with Crippen molar-refractivity contribution in [3.8, 4) is 0 Å². The first-order valence-corrected chi connectivity index (χ1v) is 8.17. The molecule has 0 saturated carbocycles. The Kier molecular flexibility index (Phi) is 5.96. The van der Waals surface area contributed by atoms with E-state index in [0.29, 0.717) is 6.54 Å². The molecule has 7 heteroatoms. The smallest absolute Gasteiger partial charge is 0.243 e. The Bertz CT molecular complexity index is 528. The number of nitrogens with zero attached hydrogens (tertiary/aromatic N) is 1. The van der Waals surface area contributed by atoms with Crippen molar-refractivity contribution in [1.29, 1.82) is 0 Å². The van der Waals surface area contributed by atoms with Gasteiger partial charge in [0.2, 0.25) is 15.9 Å². The summed E-state index contributed by atoms with van der Waals surface area (Å²) >= 11 is 3.25. The summed E-state index contributed by atoms with van der Waals surface area (Å²) in [4.78, 5) is 11.7. The summed E-state index contributed by atoms with van der Waals surface area (Å²) in [7, 11) is -3.63. The van der Waals surface area contributed by atoms with Gasteiger partial charge in [0.05, 0.1) is 11.4 Å². The largest absolute Gasteiger partial charge is 0.355 e. The van der Waals surface area contributed by atoms with E-state index in [1.807, 2.05) is 0 Å². The highest BCUT2D eigenvalue weighted by Gasteiger charge is 2.24. The maximum atomic E-state index is 12.3. The van der Waals surface area contributed by atoms with Gasteiger partial charge >= 0.3 is 0 Å². The number of carbonyl (C=O) groups is 1. The average Bonchev–Trinajstić information content (AvgIpc) is 2.36. The van der Waals surface area contributed by atoms with Crippen LogP contribution < -0.4 is 5.32 Å². The lowest BCUT2D eigenvalue weighted by atomic mass is 10.4. The van der Waals surface area contributed by atoms with Crippen LogP contribution in [0.1, 0.15) is 13.8 Å². The summed E-state index contributed by atoms with van der Waals surface area (Å²) < 4.78 is 26.6. The molecule has 1 rings (SSSR count). The van der Waals surface area contributed by atoms with Gasteiger partial charge in [0, 0.05) is 17.6 Å². The van der Waals surface area contributed by atoms with Crippen LogP contribution in [0.3, 0.4) is 0 Å². The molecule has 0 heterocycles. The van der Waals surface area contributed by atoms with Crippen LogP contribution in [0.2, 0.25) is 0 Å². The number of benzene rings is 1. The lowest BCUT2D eigenvalue weighted by Gasteiger charge is -2.19. The second-order valence-corrected chi connectivity index (χ2v) is 6.69. The lowest BCUT2D eigenvalue weighted by Crippen LogP contribution is -2.40. The van der Waals surface area contributed by atoms with Gasteiger partial charge in [-0.15, -0.1) is 0 Å². The van der Waals surface area contributed by atoms with E-state index in [4.69, 9.17) is 0 Å². The van der Waals surface area contributed by atoms with Gasteiger partial charge in [-0.3, -0.25) is 4.79 Å². The zero-order valence-electron chi connectivity index (χ0n) is 10.9. The van der Waals surface area contributed by atoms with Gasteiger partial charge in [-0.2, -0.15) is 4.31 Å². The van der Waals surface area contributed by atoms with Crippen molar-refractivity contribution < 1.29 is 13.2 Å². The summed E-state index contributed by atoms with van der Waals surface area (Å²) in [6.45, 7) is 4.06. The van der Waals surface area contributed by atoms with Crippen molar-refractivity contribution in [3.63, 3.8) is 0 Å². The number of amides is 1. The Morgan fingerprint density at radius 1 is 1.26 bits per heavy atom. The minimum absolute atomic E-state index is 0.164. The van der Waals surface area contributed by atoms with Gasteiger partial charge in [-0.25, -0.2) is 8.42 Å². The predicted molar refractivity (Wildman–Crippen MR) is 77.3 cm³/mol. The molecule has 0 atom stereocenters. The number of nitrogens with one attached hydrogen (secondary N) is 1. The Morgan fingerprint density at radius 2 is 1.84 bits per heavy atom. The summed E-state index contributed by atoms with van der Waals surface area (Å²) in [5, 5.41) is 2.59. The molecule has 1 aromatic carbocycles. The Morgan fingerprint density at radius 3 is 2.32 bits per heavy atom. The molecule has 0 aliphatic heterocycles. The van der Waals surface area contributed by atoms with E-state index in [-0.39, 0.29) is 23.9 Å². The van der Waals surface area contributed by atoms with E-state index >= 15 is 0 Å². The number of rotatable bonds is 6. The molecule has 5 nitrogen and oxygen atoms in total. The van der Waals surface area contributed by atoms with Gasteiger partial charge in [0.15, 0.2) is 0 Å². The zero-order valence-corrected chi connectivity index (χ0v) is 13.3. The molecule has 1 N–H and O–H groups in total. The molecule has 0 spiro atoms. The number of halogens is 1. The SMILES string of the molecule is CCNC(=O)CN(CC)S(=O)(=O)c1ccc(Br)cc1. The molecule has 0 aliphatic rings. The molecule has 0 saturated heterocycles. The first-order valence-electron chi connectivity index (χ1n) is 5.94. The van der Waals surface area contributed by atoms with Crippen LogP contribution in [-0.2, 0) is 14.8 Å². The van der Waals surface area contributed by atoms with Gasteiger partial charge in [-0.1, -0.05) is 22.9 Å². The number of likely N-dealkylation sites (N-methyl/N-ethyl adjacent to an activating group) is 2. The van der Waals surface area contributed by atoms with E-state index < -0.39 is 10.0 Å².